The Morgan fingerprint density at radius 2 is 1.79 bits per heavy atom. The summed E-state index contributed by atoms with van der Waals surface area (Å²) in [4.78, 5) is 27.5. The van der Waals surface area contributed by atoms with E-state index in [9.17, 15) is 28.6 Å². The van der Waals surface area contributed by atoms with Crippen LogP contribution in [0.3, 0.4) is 0 Å². The van der Waals surface area contributed by atoms with Gasteiger partial charge in [0.25, 0.3) is 11.4 Å². The molecule has 0 aliphatic carbocycles. The fourth-order valence-corrected chi connectivity index (χ4v) is 6.82. The zero-order valence-electron chi connectivity index (χ0n) is 22.8. The van der Waals surface area contributed by atoms with Crippen molar-refractivity contribution in [2.45, 2.75) is 41.4 Å². The van der Waals surface area contributed by atoms with Gasteiger partial charge in [0.2, 0.25) is 10.0 Å². The summed E-state index contributed by atoms with van der Waals surface area (Å²) >= 11 is 1.23. The van der Waals surface area contributed by atoms with E-state index in [1.165, 1.54) is 40.5 Å². The molecule has 0 aliphatic heterocycles. The Labute approximate surface area is 246 Å². The average molecular weight is 609 g/mol. The number of hydrogen-bond donors (Lipinski definition) is 1. The third-order valence-electron chi connectivity index (χ3n) is 6.30. The largest absolute Gasteiger partial charge is 0.283 e. The lowest BCUT2D eigenvalue weighted by Gasteiger charge is -2.21. The van der Waals surface area contributed by atoms with Crippen molar-refractivity contribution in [2.24, 2.45) is 5.10 Å². The summed E-state index contributed by atoms with van der Waals surface area (Å²) in [6.45, 7) is 4.09. The highest BCUT2D eigenvalue weighted by atomic mass is 32.2. The number of nitro groups is 2. The molecule has 42 heavy (non-hydrogen) atoms. The maximum atomic E-state index is 13.4. The predicted molar refractivity (Wildman–Crippen MR) is 163 cm³/mol. The molecule has 0 saturated carbocycles. The van der Waals surface area contributed by atoms with E-state index < -0.39 is 19.9 Å². The van der Waals surface area contributed by atoms with Crippen LogP contribution in [0.5, 0.6) is 0 Å². The smallest absolute Gasteiger partial charge is 0.277 e. The summed E-state index contributed by atoms with van der Waals surface area (Å²) in [7, 11) is -4.08. The summed E-state index contributed by atoms with van der Waals surface area (Å²) in [5, 5.41) is 28.3. The predicted octanol–water partition coefficient (Wildman–Crippen LogP) is 6.46. The summed E-state index contributed by atoms with van der Waals surface area (Å²) < 4.78 is 28.1. The summed E-state index contributed by atoms with van der Waals surface area (Å²) in [5.74, 6) is 0. The van der Waals surface area contributed by atoms with E-state index in [2.05, 4.69) is 15.5 Å². The second-order valence-electron chi connectivity index (χ2n) is 9.08. The third-order valence-corrected chi connectivity index (χ3v) is 9.43. The van der Waals surface area contributed by atoms with Crippen LogP contribution in [0.2, 0.25) is 0 Å². The molecule has 0 unspecified atom stereocenters. The van der Waals surface area contributed by atoms with Crippen molar-refractivity contribution in [1.29, 1.82) is 0 Å². The zero-order chi connectivity index (χ0) is 30.3. The number of hydrazone groups is 1. The van der Waals surface area contributed by atoms with Gasteiger partial charge in [-0.15, -0.1) is 0 Å². The van der Waals surface area contributed by atoms with Crippen LogP contribution in [0, 0.1) is 20.2 Å². The van der Waals surface area contributed by atoms with Gasteiger partial charge in [-0.1, -0.05) is 56.3 Å². The number of unbranched alkanes of at least 4 members (excludes halogenated alkanes) is 1. The number of anilines is 1. The maximum Gasteiger partial charge on any atom is 0.283 e. The first-order chi connectivity index (χ1) is 20.1. The molecule has 12 nitrogen and oxygen atoms in total. The van der Waals surface area contributed by atoms with Gasteiger partial charge in [-0.05, 0) is 30.7 Å². The first-order valence-corrected chi connectivity index (χ1v) is 15.3. The second kappa shape index (κ2) is 13.5. The lowest BCUT2D eigenvalue weighted by atomic mass is 10.2. The number of rotatable bonds is 13. The molecule has 4 rings (SSSR count). The van der Waals surface area contributed by atoms with Gasteiger partial charge in [0, 0.05) is 53.3 Å². The Hall–Kier alpha value is -4.40. The summed E-state index contributed by atoms with van der Waals surface area (Å²) in [6.07, 6.45) is 4.39. The van der Waals surface area contributed by atoms with E-state index >= 15 is 0 Å². The van der Waals surface area contributed by atoms with E-state index in [0.29, 0.717) is 16.9 Å². The molecular weight excluding hydrogens is 580 g/mol. The lowest BCUT2D eigenvalue weighted by Crippen LogP contribution is -2.32. The number of sulfonamides is 1. The molecule has 14 heteroatoms. The molecule has 3 aromatic carbocycles. The van der Waals surface area contributed by atoms with Gasteiger partial charge >= 0.3 is 0 Å². The Kier molecular flexibility index (Phi) is 9.83. The first kappa shape index (κ1) is 30.6. The number of para-hydroxylation sites is 1. The van der Waals surface area contributed by atoms with Crippen molar-refractivity contribution in [2.75, 3.05) is 18.5 Å². The molecule has 218 valence electrons. The first-order valence-electron chi connectivity index (χ1n) is 13.0. The van der Waals surface area contributed by atoms with E-state index in [-0.39, 0.29) is 35.0 Å². The number of hydrogen-bond acceptors (Lipinski definition) is 10. The molecule has 0 fully saturated rings. The van der Waals surface area contributed by atoms with Crippen molar-refractivity contribution in [1.82, 2.24) is 9.29 Å². The van der Waals surface area contributed by atoms with Crippen molar-refractivity contribution < 1.29 is 18.3 Å². The number of nitrogens with one attached hydrogen (secondary N) is 1. The number of non-ortho nitro benzene ring substituents is 1. The fourth-order valence-electron chi connectivity index (χ4n) is 4.15. The normalized spacial score (nSPS) is 11.8. The molecule has 4 aromatic rings. The minimum Gasteiger partial charge on any atom is -0.277 e. The number of fused-ring (bicyclic) bond motifs is 1. The molecule has 0 bridgehead atoms. The van der Waals surface area contributed by atoms with Gasteiger partial charge in [-0.25, -0.2) is 8.42 Å². The minimum atomic E-state index is -4.08. The highest BCUT2D eigenvalue weighted by Gasteiger charge is 2.28. The Balaban J connectivity index is 1.62. The summed E-state index contributed by atoms with van der Waals surface area (Å²) in [5.41, 5.74) is 3.30. The Morgan fingerprint density at radius 1 is 1.00 bits per heavy atom. The van der Waals surface area contributed by atoms with Crippen molar-refractivity contribution in [3.63, 3.8) is 0 Å². The standard InChI is InChI=1S/C28H28N6O6S2/c1-3-5-16-32(4-2)42(39,40)27-18-22(33(35)36)12-13-23(27)31-30-19-20-11-14-25(24(17-20)34(37)38)41-26-10-6-8-21-9-7-15-29-28(21)26/h6-15,17-19,31H,3-5,16H2,1-2H3/b30-19-. The molecule has 1 heterocycles. The molecule has 0 spiro atoms. The van der Waals surface area contributed by atoms with Crippen LogP contribution in [0.15, 0.2) is 92.7 Å². The molecule has 1 N–H and O–H groups in total. The molecule has 0 aliphatic rings. The maximum absolute atomic E-state index is 13.4. The van der Waals surface area contributed by atoms with E-state index in [4.69, 9.17) is 0 Å². The van der Waals surface area contributed by atoms with Gasteiger partial charge < -0.3 is 0 Å². The number of benzene rings is 3. The molecule has 0 amide bonds. The molecular formula is C28H28N6O6S2. The molecule has 1 aromatic heterocycles. The van der Waals surface area contributed by atoms with Crippen molar-refractivity contribution in [3.8, 4) is 0 Å². The van der Waals surface area contributed by atoms with Crippen molar-refractivity contribution >= 4 is 56.0 Å². The van der Waals surface area contributed by atoms with Crippen LogP contribution < -0.4 is 5.43 Å². The number of aromatic nitrogens is 1. The summed E-state index contributed by atoms with van der Waals surface area (Å²) in [6, 6.07) is 17.4. The Morgan fingerprint density at radius 3 is 2.50 bits per heavy atom. The fraction of sp³-hybridized carbons (Fsp3) is 0.214. The number of nitrogens with zero attached hydrogens (tertiary/aromatic N) is 5. The molecule has 0 atom stereocenters. The minimum absolute atomic E-state index is 0.0388. The average Bonchev–Trinajstić information content (AvgIpc) is 2.98. The van der Waals surface area contributed by atoms with E-state index in [1.54, 1.807) is 25.3 Å². The van der Waals surface area contributed by atoms with Gasteiger partial charge in [-0.2, -0.15) is 9.41 Å². The monoisotopic (exact) mass is 608 g/mol. The molecule has 0 radical (unpaired) electrons. The van der Waals surface area contributed by atoms with Gasteiger partial charge in [0.05, 0.1) is 32.2 Å². The van der Waals surface area contributed by atoms with Gasteiger partial charge in [0.1, 0.15) is 4.90 Å². The van der Waals surface area contributed by atoms with Crippen LogP contribution >= 0.6 is 11.8 Å². The highest BCUT2D eigenvalue weighted by Crippen LogP contribution is 2.38. The zero-order valence-corrected chi connectivity index (χ0v) is 24.5. The topological polar surface area (TPSA) is 161 Å². The van der Waals surface area contributed by atoms with E-state index in [0.717, 1.165) is 28.3 Å². The highest BCUT2D eigenvalue weighted by molar-refractivity contribution is 7.99. The SMILES string of the molecule is CCCCN(CC)S(=O)(=O)c1cc([N+](=O)[O-])ccc1N/N=C\c1ccc(Sc2cccc3cccnc23)c([N+](=O)[O-])c1. The lowest BCUT2D eigenvalue weighted by molar-refractivity contribution is -0.387. The second-order valence-corrected chi connectivity index (χ2v) is 12.1. The third kappa shape index (κ3) is 6.90. The Bertz CT molecular complexity index is 1760. The van der Waals surface area contributed by atoms with Crippen LogP contribution in [-0.4, -0.2) is 46.9 Å². The van der Waals surface area contributed by atoms with Crippen LogP contribution in [0.25, 0.3) is 10.9 Å². The molecule has 0 saturated heterocycles. The van der Waals surface area contributed by atoms with Crippen LogP contribution in [0.4, 0.5) is 17.1 Å². The van der Waals surface area contributed by atoms with E-state index in [1.807, 2.05) is 37.3 Å². The van der Waals surface area contributed by atoms with Crippen LogP contribution in [-0.2, 0) is 10.0 Å². The van der Waals surface area contributed by atoms with Crippen LogP contribution in [0.1, 0.15) is 32.3 Å². The van der Waals surface area contributed by atoms with Crippen molar-refractivity contribution in [3.05, 3.63) is 98.7 Å². The number of pyridine rings is 1. The van der Waals surface area contributed by atoms with Gasteiger partial charge in [0.15, 0.2) is 0 Å². The quantitative estimate of drug-likeness (QED) is 0.102. The number of nitro benzene ring substituents is 2. The van der Waals surface area contributed by atoms with Gasteiger partial charge in [-0.3, -0.25) is 30.6 Å².